The molecule has 0 atom stereocenters. The number of ketones is 1. The predicted octanol–water partition coefficient (Wildman–Crippen LogP) is 6.44. The molecule has 0 aliphatic carbocycles. The van der Waals surface area contributed by atoms with E-state index in [2.05, 4.69) is 35.8 Å². The molecule has 0 amide bonds. The molecule has 4 nitrogen and oxygen atoms in total. The maximum absolute atomic E-state index is 13.4. The number of fused-ring (bicyclic) bond motifs is 3. The molecule has 0 saturated carbocycles. The van der Waals surface area contributed by atoms with E-state index in [0.29, 0.717) is 16.9 Å². The highest BCUT2D eigenvalue weighted by molar-refractivity contribution is 6.15. The van der Waals surface area contributed by atoms with Crippen LogP contribution >= 0.6 is 0 Å². The third kappa shape index (κ3) is 3.19. The maximum atomic E-state index is 13.4. The normalized spacial score (nSPS) is 15.0. The first kappa shape index (κ1) is 19.4. The van der Waals surface area contributed by atoms with Gasteiger partial charge in [0.1, 0.15) is 6.26 Å². The Morgan fingerprint density at radius 3 is 2.45 bits per heavy atom. The van der Waals surface area contributed by atoms with Crippen molar-refractivity contribution in [3.63, 3.8) is 0 Å². The van der Waals surface area contributed by atoms with Crippen LogP contribution in [0.1, 0.15) is 47.8 Å². The van der Waals surface area contributed by atoms with Crippen LogP contribution in [-0.2, 0) is 16.0 Å². The highest BCUT2D eigenvalue weighted by Gasteiger charge is 2.28. The van der Waals surface area contributed by atoms with E-state index in [-0.39, 0.29) is 5.78 Å². The number of ether oxygens (including phenoxy) is 2. The second-order valence-electron chi connectivity index (χ2n) is 8.45. The fraction of sp³-hybridized carbons (Fsp3) is 0.222. The number of aryl methyl sites for hydroxylation is 2. The largest absolute Gasteiger partial charge is 0.457 e. The molecule has 5 rings (SSSR count). The molecule has 1 aromatic heterocycles. The lowest BCUT2D eigenvalue weighted by atomic mass is 9.96. The summed E-state index contributed by atoms with van der Waals surface area (Å²) in [6.07, 6.45) is 1.63. The number of hydrogen-bond acceptors (Lipinski definition) is 3. The van der Waals surface area contributed by atoms with Crippen molar-refractivity contribution < 1.29 is 14.3 Å². The second-order valence-corrected chi connectivity index (χ2v) is 8.45. The van der Waals surface area contributed by atoms with Crippen molar-refractivity contribution in [3.05, 3.63) is 89.2 Å². The van der Waals surface area contributed by atoms with Gasteiger partial charge in [-0.3, -0.25) is 4.79 Å². The van der Waals surface area contributed by atoms with Crippen LogP contribution in [0.4, 0.5) is 0 Å². The van der Waals surface area contributed by atoms with Crippen LogP contribution < -0.4 is 0 Å². The van der Waals surface area contributed by atoms with Crippen molar-refractivity contribution in [2.45, 2.75) is 40.0 Å². The van der Waals surface area contributed by atoms with Crippen molar-refractivity contribution in [2.75, 3.05) is 0 Å². The van der Waals surface area contributed by atoms with E-state index >= 15 is 0 Å². The molecule has 31 heavy (non-hydrogen) atoms. The minimum atomic E-state index is -0.662. The van der Waals surface area contributed by atoms with E-state index < -0.39 is 5.79 Å². The van der Waals surface area contributed by atoms with Crippen molar-refractivity contribution >= 4 is 33.3 Å². The van der Waals surface area contributed by atoms with E-state index in [1.165, 1.54) is 10.9 Å². The van der Waals surface area contributed by atoms with Gasteiger partial charge in [-0.2, -0.15) is 0 Å². The van der Waals surface area contributed by atoms with E-state index in [0.717, 1.165) is 28.6 Å². The van der Waals surface area contributed by atoms with E-state index in [1.807, 2.05) is 57.2 Å². The molecule has 0 fully saturated rings. The summed E-state index contributed by atoms with van der Waals surface area (Å²) in [5.74, 6) is 0.0447. The minimum Gasteiger partial charge on any atom is -0.457 e. The highest BCUT2D eigenvalue weighted by atomic mass is 16.7. The van der Waals surface area contributed by atoms with Gasteiger partial charge >= 0.3 is 0 Å². The van der Waals surface area contributed by atoms with Crippen molar-refractivity contribution in [3.8, 4) is 0 Å². The standard InChI is InChI=1S/C27H25NO3/c1-5-28-23-9-7-6-8-21(23)22-15-19(11-13-24(22)28)26(29)20-12-10-18(14-17(20)2)25-16-30-27(3,4)31-25/h6-16H,5H2,1-4H3. The quantitative estimate of drug-likeness (QED) is 0.363. The monoisotopic (exact) mass is 411 g/mol. The van der Waals surface area contributed by atoms with Crippen LogP contribution in [-0.4, -0.2) is 16.1 Å². The third-order valence-corrected chi connectivity index (χ3v) is 5.91. The van der Waals surface area contributed by atoms with Gasteiger partial charge in [0.05, 0.1) is 0 Å². The average molecular weight is 412 g/mol. The Bertz CT molecular complexity index is 1370. The zero-order valence-electron chi connectivity index (χ0n) is 18.2. The molecular weight excluding hydrogens is 386 g/mol. The van der Waals surface area contributed by atoms with Gasteiger partial charge in [0.25, 0.3) is 0 Å². The molecule has 4 aromatic rings. The lowest BCUT2D eigenvalue weighted by Crippen LogP contribution is -2.19. The number of para-hydroxylation sites is 1. The van der Waals surface area contributed by atoms with Crippen LogP contribution in [0.5, 0.6) is 0 Å². The molecule has 0 radical (unpaired) electrons. The van der Waals surface area contributed by atoms with Crippen LogP contribution in [0.2, 0.25) is 0 Å². The van der Waals surface area contributed by atoms with Gasteiger partial charge in [-0.15, -0.1) is 0 Å². The molecule has 0 N–H and O–H groups in total. The van der Waals surface area contributed by atoms with Crippen LogP contribution in [0.3, 0.4) is 0 Å². The number of nitrogens with zero attached hydrogens (tertiary/aromatic N) is 1. The SMILES string of the molecule is CCn1c2ccccc2c2cc(C(=O)c3ccc(C4=COC(C)(C)O4)cc3C)ccc21. The van der Waals surface area contributed by atoms with E-state index in [4.69, 9.17) is 9.47 Å². The highest BCUT2D eigenvalue weighted by Crippen LogP contribution is 2.33. The Balaban J connectivity index is 1.54. The van der Waals surface area contributed by atoms with Gasteiger partial charge in [-0.05, 0) is 49.7 Å². The zero-order chi connectivity index (χ0) is 21.8. The Morgan fingerprint density at radius 1 is 0.968 bits per heavy atom. The zero-order valence-corrected chi connectivity index (χ0v) is 18.2. The maximum Gasteiger partial charge on any atom is 0.245 e. The fourth-order valence-electron chi connectivity index (χ4n) is 4.40. The first-order chi connectivity index (χ1) is 14.9. The molecule has 156 valence electrons. The van der Waals surface area contributed by atoms with Crippen LogP contribution in [0.15, 0.2) is 66.9 Å². The minimum absolute atomic E-state index is 0.0252. The number of aromatic nitrogens is 1. The average Bonchev–Trinajstić information content (AvgIpc) is 3.29. The number of hydrogen-bond donors (Lipinski definition) is 0. The molecule has 4 heteroatoms. The summed E-state index contributed by atoms with van der Waals surface area (Å²) in [5.41, 5.74) is 5.55. The van der Waals surface area contributed by atoms with Crippen LogP contribution in [0.25, 0.3) is 27.6 Å². The van der Waals surface area contributed by atoms with Gasteiger partial charge in [-0.25, -0.2) is 0 Å². The van der Waals surface area contributed by atoms with Gasteiger partial charge in [0.2, 0.25) is 5.79 Å². The van der Waals surface area contributed by atoms with Gasteiger partial charge in [0.15, 0.2) is 11.5 Å². The molecule has 1 aliphatic rings. The molecular formula is C27H25NO3. The summed E-state index contributed by atoms with van der Waals surface area (Å²) in [6.45, 7) is 8.72. The number of carbonyl (C=O) groups excluding carboxylic acids is 1. The smallest absolute Gasteiger partial charge is 0.245 e. The molecule has 0 unspecified atom stereocenters. The van der Waals surface area contributed by atoms with E-state index in [1.54, 1.807) is 6.26 Å². The topological polar surface area (TPSA) is 40.5 Å². The number of benzene rings is 3. The second kappa shape index (κ2) is 7.02. The van der Waals surface area contributed by atoms with Gasteiger partial charge < -0.3 is 14.0 Å². The summed E-state index contributed by atoms with van der Waals surface area (Å²) in [5, 5.41) is 2.29. The first-order valence-corrected chi connectivity index (χ1v) is 10.6. The summed E-state index contributed by atoms with van der Waals surface area (Å²) in [4.78, 5) is 13.4. The van der Waals surface area contributed by atoms with Crippen molar-refractivity contribution in [1.82, 2.24) is 4.57 Å². The number of carbonyl (C=O) groups is 1. The number of rotatable bonds is 4. The van der Waals surface area contributed by atoms with Crippen molar-refractivity contribution in [2.24, 2.45) is 0 Å². The summed E-state index contributed by atoms with van der Waals surface area (Å²) < 4.78 is 13.6. The molecule has 0 bridgehead atoms. The molecule has 0 spiro atoms. The summed E-state index contributed by atoms with van der Waals surface area (Å²) in [7, 11) is 0. The summed E-state index contributed by atoms with van der Waals surface area (Å²) >= 11 is 0. The van der Waals surface area contributed by atoms with Gasteiger partial charge in [-0.1, -0.05) is 30.3 Å². The Labute approximate surface area is 181 Å². The lowest BCUT2D eigenvalue weighted by molar-refractivity contribution is -0.102. The molecule has 2 heterocycles. The van der Waals surface area contributed by atoms with Crippen LogP contribution in [0, 0.1) is 6.92 Å². The van der Waals surface area contributed by atoms with E-state index in [9.17, 15) is 4.79 Å². The molecule has 3 aromatic carbocycles. The third-order valence-electron chi connectivity index (χ3n) is 5.91. The first-order valence-electron chi connectivity index (χ1n) is 10.6. The Morgan fingerprint density at radius 2 is 1.74 bits per heavy atom. The lowest BCUT2D eigenvalue weighted by Gasteiger charge is -2.18. The summed E-state index contributed by atoms with van der Waals surface area (Å²) in [6, 6.07) is 20.1. The Kier molecular flexibility index (Phi) is 4.40. The fourth-order valence-corrected chi connectivity index (χ4v) is 4.40. The molecule has 0 saturated heterocycles. The van der Waals surface area contributed by atoms with Crippen molar-refractivity contribution in [1.29, 1.82) is 0 Å². The van der Waals surface area contributed by atoms with Gasteiger partial charge in [0, 0.05) is 58.9 Å². The Hall–Kier alpha value is -3.53. The predicted molar refractivity (Wildman–Crippen MR) is 124 cm³/mol. The molecule has 1 aliphatic heterocycles.